The van der Waals surface area contributed by atoms with Gasteiger partial charge in [-0.3, -0.25) is 4.79 Å². The monoisotopic (exact) mass is 219 g/mol. The molecular formula is C10H9N3O3. The van der Waals surface area contributed by atoms with Crippen molar-refractivity contribution in [2.75, 3.05) is 5.73 Å². The number of aryl methyl sites for hydroxylation is 1. The van der Waals surface area contributed by atoms with Crippen LogP contribution in [0.15, 0.2) is 12.4 Å². The molecule has 0 radical (unpaired) electrons. The Hall–Kier alpha value is -2.37. The van der Waals surface area contributed by atoms with Gasteiger partial charge in [-0.2, -0.15) is 0 Å². The summed E-state index contributed by atoms with van der Waals surface area (Å²) in [7, 11) is 0. The molecule has 2 rings (SSSR count). The molecule has 6 nitrogen and oxygen atoms in total. The highest BCUT2D eigenvalue weighted by Gasteiger charge is 2.20. The summed E-state index contributed by atoms with van der Waals surface area (Å²) in [6.07, 6.45) is 2.84. The van der Waals surface area contributed by atoms with Crippen LogP contribution in [0.1, 0.15) is 15.9 Å². The Kier molecular flexibility index (Phi) is 2.12. The van der Waals surface area contributed by atoms with E-state index in [0.29, 0.717) is 16.5 Å². The number of hydrogen-bond donors (Lipinski definition) is 3. The van der Waals surface area contributed by atoms with Crippen LogP contribution in [0.25, 0.3) is 10.9 Å². The summed E-state index contributed by atoms with van der Waals surface area (Å²) in [6.45, 7) is 1.74. The van der Waals surface area contributed by atoms with Gasteiger partial charge < -0.3 is 15.8 Å². The molecule has 0 saturated carbocycles. The van der Waals surface area contributed by atoms with E-state index in [2.05, 4.69) is 9.97 Å². The molecule has 0 saturated heterocycles. The van der Waals surface area contributed by atoms with Gasteiger partial charge >= 0.3 is 5.97 Å². The van der Waals surface area contributed by atoms with Crippen LogP contribution in [0.3, 0.4) is 0 Å². The van der Waals surface area contributed by atoms with Gasteiger partial charge in [-0.1, -0.05) is 0 Å². The molecule has 0 aromatic carbocycles. The Morgan fingerprint density at radius 3 is 2.81 bits per heavy atom. The number of carbonyl (C=O) groups excluding carboxylic acids is 1. The van der Waals surface area contributed by atoms with Gasteiger partial charge in [0.15, 0.2) is 0 Å². The van der Waals surface area contributed by atoms with E-state index in [4.69, 9.17) is 10.8 Å². The van der Waals surface area contributed by atoms with Crippen LogP contribution in [0.2, 0.25) is 0 Å². The molecule has 0 spiro atoms. The van der Waals surface area contributed by atoms with Gasteiger partial charge in [0.2, 0.25) is 0 Å². The van der Waals surface area contributed by atoms with Gasteiger partial charge in [0, 0.05) is 17.8 Å². The van der Waals surface area contributed by atoms with Crippen LogP contribution in [-0.2, 0) is 4.79 Å². The van der Waals surface area contributed by atoms with Gasteiger partial charge in [-0.15, -0.1) is 0 Å². The number of fused-ring (bicyclic) bond motifs is 1. The average Bonchev–Trinajstić information content (AvgIpc) is 2.67. The smallest absolute Gasteiger partial charge is 0.377 e. The minimum absolute atomic E-state index is 0.106. The molecule has 2 aromatic rings. The highest BCUT2D eigenvalue weighted by Crippen LogP contribution is 2.25. The van der Waals surface area contributed by atoms with Crippen molar-refractivity contribution in [2.24, 2.45) is 0 Å². The number of hydrogen-bond acceptors (Lipinski definition) is 4. The average molecular weight is 219 g/mol. The van der Waals surface area contributed by atoms with E-state index in [9.17, 15) is 9.59 Å². The molecule has 0 fully saturated rings. The molecule has 0 amide bonds. The summed E-state index contributed by atoms with van der Waals surface area (Å²) < 4.78 is 0. The van der Waals surface area contributed by atoms with Crippen molar-refractivity contribution in [3.8, 4) is 0 Å². The fourth-order valence-electron chi connectivity index (χ4n) is 1.62. The highest BCUT2D eigenvalue weighted by molar-refractivity contribution is 6.42. The summed E-state index contributed by atoms with van der Waals surface area (Å²) in [6, 6.07) is 0. The Balaban J connectivity index is 2.78. The maximum absolute atomic E-state index is 11.4. The van der Waals surface area contributed by atoms with Crippen LogP contribution in [0.5, 0.6) is 0 Å². The first kappa shape index (κ1) is 10.2. The summed E-state index contributed by atoms with van der Waals surface area (Å²) in [5.74, 6) is -2.21. The lowest BCUT2D eigenvalue weighted by Crippen LogP contribution is -2.12. The van der Waals surface area contributed by atoms with Crippen molar-refractivity contribution in [3.05, 3.63) is 23.5 Å². The number of aromatic nitrogens is 2. The number of nitrogens with two attached hydrogens (primary N) is 1. The fourth-order valence-corrected chi connectivity index (χ4v) is 1.62. The van der Waals surface area contributed by atoms with Crippen molar-refractivity contribution in [2.45, 2.75) is 6.92 Å². The molecule has 0 bridgehead atoms. The van der Waals surface area contributed by atoms with E-state index >= 15 is 0 Å². The maximum Gasteiger partial charge on any atom is 0.377 e. The number of H-pyrrole nitrogens is 1. The van der Waals surface area contributed by atoms with Crippen molar-refractivity contribution in [1.82, 2.24) is 9.97 Å². The molecule has 0 unspecified atom stereocenters. The topological polar surface area (TPSA) is 109 Å². The predicted molar refractivity (Wildman–Crippen MR) is 57.2 cm³/mol. The Morgan fingerprint density at radius 2 is 2.19 bits per heavy atom. The number of aromatic amines is 1. The molecule has 0 aliphatic carbocycles. The molecule has 82 valence electrons. The van der Waals surface area contributed by atoms with E-state index in [0.717, 1.165) is 0 Å². The van der Waals surface area contributed by atoms with Gasteiger partial charge in [-0.25, -0.2) is 9.78 Å². The van der Waals surface area contributed by atoms with Gasteiger partial charge in [0.1, 0.15) is 5.82 Å². The normalized spacial score (nSPS) is 10.6. The zero-order chi connectivity index (χ0) is 11.9. The molecule has 2 aromatic heterocycles. The molecule has 2 heterocycles. The molecule has 6 heteroatoms. The second-order valence-electron chi connectivity index (χ2n) is 3.41. The molecule has 0 aliphatic rings. The number of carboxylic acid groups (broad SMARTS) is 1. The van der Waals surface area contributed by atoms with Crippen molar-refractivity contribution >= 4 is 28.5 Å². The van der Waals surface area contributed by atoms with E-state index in [-0.39, 0.29) is 11.4 Å². The third kappa shape index (κ3) is 1.31. The molecule has 0 aliphatic heterocycles. The van der Waals surface area contributed by atoms with Crippen LogP contribution >= 0.6 is 0 Å². The van der Waals surface area contributed by atoms with E-state index in [1.807, 2.05) is 0 Å². The Bertz CT molecular complexity index is 601. The Morgan fingerprint density at radius 1 is 1.50 bits per heavy atom. The lowest BCUT2D eigenvalue weighted by molar-refractivity contribution is -0.131. The number of pyridine rings is 1. The first-order chi connectivity index (χ1) is 7.52. The molecule has 4 N–H and O–H groups in total. The largest absolute Gasteiger partial charge is 0.475 e. The number of nitrogens with zero attached hydrogens (tertiary/aromatic N) is 1. The van der Waals surface area contributed by atoms with Crippen LogP contribution in [0.4, 0.5) is 5.82 Å². The second-order valence-corrected chi connectivity index (χ2v) is 3.41. The van der Waals surface area contributed by atoms with Crippen molar-refractivity contribution in [1.29, 1.82) is 0 Å². The minimum atomic E-state index is -1.49. The van der Waals surface area contributed by atoms with Crippen molar-refractivity contribution in [3.63, 3.8) is 0 Å². The lowest BCUT2D eigenvalue weighted by Gasteiger charge is -2.00. The zero-order valence-electron chi connectivity index (χ0n) is 8.44. The summed E-state index contributed by atoms with van der Waals surface area (Å²) in [5.41, 5.74) is 6.91. The third-order valence-corrected chi connectivity index (χ3v) is 2.37. The number of carbonyl (C=O) groups is 2. The van der Waals surface area contributed by atoms with E-state index in [1.165, 1.54) is 12.4 Å². The second kappa shape index (κ2) is 3.34. The quantitative estimate of drug-likeness (QED) is 0.509. The van der Waals surface area contributed by atoms with Crippen LogP contribution in [-0.4, -0.2) is 26.8 Å². The van der Waals surface area contributed by atoms with Crippen LogP contribution < -0.4 is 5.73 Å². The van der Waals surface area contributed by atoms with Crippen molar-refractivity contribution < 1.29 is 14.7 Å². The maximum atomic E-state index is 11.4. The number of nitrogen functional groups attached to an aromatic ring is 1. The summed E-state index contributed by atoms with van der Waals surface area (Å²) in [4.78, 5) is 28.7. The number of nitrogens with one attached hydrogen (secondary N) is 1. The lowest BCUT2D eigenvalue weighted by atomic mass is 10.1. The summed E-state index contributed by atoms with van der Waals surface area (Å²) in [5, 5.41) is 9.18. The Labute approximate surface area is 90.1 Å². The van der Waals surface area contributed by atoms with Crippen LogP contribution in [0, 0.1) is 6.92 Å². The number of anilines is 1. The number of rotatable bonds is 2. The first-order valence-corrected chi connectivity index (χ1v) is 4.52. The number of carboxylic acids is 1. The third-order valence-electron chi connectivity index (χ3n) is 2.37. The van der Waals surface area contributed by atoms with Gasteiger partial charge in [0.05, 0.1) is 11.1 Å². The van der Waals surface area contributed by atoms with Gasteiger partial charge in [0.25, 0.3) is 5.78 Å². The summed E-state index contributed by atoms with van der Waals surface area (Å²) >= 11 is 0. The molecule has 16 heavy (non-hydrogen) atoms. The number of aliphatic carboxylic acids is 1. The number of Topliss-reactive ketones (excluding diaryl/α,β-unsaturated/α-hetero) is 1. The van der Waals surface area contributed by atoms with E-state index in [1.54, 1.807) is 6.92 Å². The highest BCUT2D eigenvalue weighted by atomic mass is 16.4. The first-order valence-electron chi connectivity index (χ1n) is 4.52. The minimum Gasteiger partial charge on any atom is -0.475 e. The predicted octanol–water partition coefficient (Wildman–Crippen LogP) is 0.721. The standard InChI is InChI=1S/C10H9N3O3/c1-4-2-13-9(11)7-6(4)5(3-12-7)8(14)10(15)16/h2-3,12H,1H3,(H2,11,13)(H,15,16). The van der Waals surface area contributed by atoms with Gasteiger partial charge in [-0.05, 0) is 12.5 Å². The zero-order valence-corrected chi connectivity index (χ0v) is 8.44. The molecule has 0 atom stereocenters. The SMILES string of the molecule is Cc1cnc(N)c2[nH]cc(C(=O)C(=O)O)c12. The fraction of sp³-hybridized carbons (Fsp3) is 0.100. The number of ketones is 1. The van der Waals surface area contributed by atoms with E-state index < -0.39 is 11.8 Å². The molecular weight excluding hydrogens is 210 g/mol.